The number of carbonyl (C=O) groups is 1. The second-order valence-electron chi connectivity index (χ2n) is 8.42. The highest BCUT2D eigenvalue weighted by atomic mass is 79.9. The van der Waals surface area contributed by atoms with Gasteiger partial charge in [-0.2, -0.15) is 0 Å². The number of amides is 1. The van der Waals surface area contributed by atoms with E-state index < -0.39 is 5.92 Å². The van der Waals surface area contributed by atoms with Crippen LogP contribution in [0, 0.1) is 0 Å². The van der Waals surface area contributed by atoms with Crippen LogP contribution in [0.1, 0.15) is 35.2 Å². The largest absolute Gasteiger partial charge is 0.505 e. The van der Waals surface area contributed by atoms with Crippen LogP contribution in [0.15, 0.2) is 63.3 Å². The Bertz CT molecular complexity index is 1640. The molecule has 0 saturated heterocycles. The van der Waals surface area contributed by atoms with E-state index in [0.29, 0.717) is 23.3 Å². The summed E-state index contributed by atoms with van der Waals surface area (Å²) in [6.45, 7) is 1.94. The van der Waals surface area contributed by atoms with Gasteiger partial charge in [0.25, 0.3) is 5.56 Å². The molecule has 0 bridgehead atoms. The molecule has 0 aliphatic heterocycles. The van der Waals surface area contributed by atoms with Gasteiger partial charge in [-0.1, -0.05) is 46.3 Å². The van der Waals surface area contributed by atoms with Crippen molar-refractivity contribution < 1.29 is 9.90 Å². The van der Waals surface area contributed by atoms with Crippen molar-refractivity contribution in [3.05, 3.63) is 91.3 Å². The summed E-state index contributed by atoms with van der Waals surface area (Å²) in [7, 11) is 1.70. The molecule has 0 spiro atoms. The number of nitrogens with zero attached hydrogens (tertiary/aromatic N) is 2. The Kier molecular flexibility index (Phi) is 6.21. The van der Waals surface area contributed by atoms with Crippen molar-refractivity contribution in [3.8, 4) is 5.75 Å². The van der Waals surface area contributed by atoms with Crippen molar-refractivity contribution in [2.75, 3.05) is 6.54 Å². The second kappa shape index (κ2) is 9.31. The lowest BCUT2D eigenvalue weighted by Crippen LogP contribution is -2.26. The minimum absolute atomic E-state index is 0.101. The number of aromatic hydroxyl groups is 1. The maximum Gasteiger partial charge on any atom is 0.259 e. The number of para-hydroxylation sites is 1. The van der Waals surface area contributed by atoms with Crippen LogP contribution in [0.2, 0.25) is 0 Å². The van der Waals surface area contributed by atoms with Crippen LogP contribution in [0.3, 0.4) is 0 Å². The molecule has 1 atom stereocenters. The zero-order chi connectivity index (χ0) is 24.7. The molecular formula is C26H23BrN4O3S. The number of pyridine rings is 1. The van der Waals surface area contributed by atoms with E-state index in [0.717, 1.165) is 32.2 Å². The highest BCUT2D eigenvalue weighted by molar-refractivity contribution is 9.10. The van der Waals surface area contributed by atoms with Crippen LogP contribution >= 0.6 is 27.3 Å². The Morgan fingerprint density at radius 3 is 2.83 bits per heavy atom. The van der Waals surface area contributed by atoms with E-state index in [4.69, 9.17) is 0 Å². The number of H-pyrrole nitrogens is 1. The van der Waals surface area contributed by atoms with Crippen LogP contribution in [-0.4, -0.2) is 32.1 Å². The number of benzene rings is 2. The lowest BCUT2D eigenvalue weighted by atomic mass is 9.85. The monoisotopic (exact) mass is 550 g/mol. The number of fused-ring (bicyclic) bond motifs is 2. The maximum atomic E-state index is 13.7. The van der Waals surface area contributed by atoms with Gasteiger partial charge in [-0.3, -0.25) is 9.59 Å². The molecule has 0 fully saturated rings. The Balaban J connectivity index is 1.82. The molecule has 35 heavy (non-hydrogen) atoms. The number of carbonyl (C=O) groups excluding carboxylic acids is 1. The predicted molar refractivity (Wildman–Crippen MR) is 142 cm³/mol. The van der Waals surface area contributed by atoms with Crippen LogP contribution in [0.4, 0.5) is 0 Å². The number of aromatic amines is 1. The number of aromatic nitrogens is 3. The molecule has 0 radical (unpaired) electrons. The first-order valence-electron chi connectivity index (χ1n) is 11.1. The van der Waals surface area contributed by atoms with Crippen molar-refractivity contribution in [1.82, 2.24) is 19.9 Å². The SMILES string of the molecule is CC(=O)NCCc1c(C(c2cccc(Br)c2)c2c(O)c3ncsc3n(C)c2=O)[nH]c2ccccc12. The van der Waals surface area contributed by atoms with Gasteiger partial charge in [-0.25, -0.2) is 4.98 Å². The van der Waals surface area contributed by atoms with E-state index in [-0.39, 0.29) is 22.8 Å². The fraction of sp³-hybridized carbons (Fsp3) is 0.192. The highest BCUT2D eigenvalue weighted by Crippen LogP contribution is 2.41. The molecule has 0 aliphatic rings. The van der Waals surface area contributed by atoms with Gasteiger partial charge >= 0.3 is 0 Å². The molecule has 0 saturated carbocycles. The molecule has 2 aromatic carbocycles. The van der Waals surface area contributed by atoms with Gasteiger partial charge in [0, 0.05) is 41.6 Å². The average Bonchev–Trinajstić information content (AvgIpc) is 3.46. The van der Waals surface area contributed by atoms with Gasteiger partial charge in [0.2, 0.25) is 5.91 Å². The Hall–Kier alpha value is -3.43. The van der Waals surface area contributed by atoms with Gasteiger partial charge < -0.3 is 20.0 Å². The molecule has 3 aromatic heterocycles. The molecule has 7 nitrogen and oxygen atoms in total. The van der Waals surface area contributed by atoms with Gasteiger partial charge in [0.15, 0.2) is 5.75 Å². The number of hydrogen-bond donors (Lipinski definition) is 3. The summed E-state index contributed by atoms with van der Waals surface area (Å²) in [5.74, 6) is -0.798. The lowest BCUT2D eigenvalue weighted by molar-refractivity contribution is -0.118. The normalized spacial score (nSPS) is 12.3. The molecule has 3 heterocycles. The van der Waals surface area contributed by atoms with Gasteiger partial charge in [-0.05, 0) is 35.7 Å². The van der Waals surface area contributed by atoms with Gasteiger partial charge in [-0.15, -0.1) is 11.3 Å². The molecule has 9 heteroatoms. The standard InChI is InChI=1S/C26H23BrN4O3S/c1-14(32)28-11-10-18-17-8-3-4-9-19(17)30-22(18)20(15-6-5-7-16(27)12-15)21-24(33)23-26(35-13-29-23)31(2)25(21)34/h3-9,12-13,20,30,33H,10-11H2,1-2H3,(H,28,32). The summed E-state index contributed by atoms with van der Waals surface area (Å²) in [6, 6.07) is 15.7. The number of thiazole rings is 1. The van der Waals surface area contributed by atoms with Crippen LogP contribution in [0.5, 0.6) is 5.75 Å². The van der Waals surface area contributed by atoms with Crippen LogP contribution < -0.4 is 10.9 Å². The number of halogens is 1. The summed E-state index contributed by atoms with van der Waals surface area (Å²) < 4.78 is 2.41. The summed E-state index contributed by atoms with van der Waals surface area (Å²) in [5, 5.41) is 15.3. The first-order chi connectivity index (χ1) is 16.9. The van der Waals surface area contributed by atoms with Crippen LogP contribution in [-0.2, 0) is 18.3 Å². The Morgan fingerprint density at radius 1 is 1.26 bits per heavy atom. The summed E-state index contributed by atoms with van der Waals surface area (Å²) in [5.41, 5.74) is 5.56. The minimum Gasteiger partial charge on any atom is -0.505 e. The smallest absolute Gasteiger partial charge is 0.259 e. The second-order valence-corrected chi connectivity index (χ2v) is 10.2. The van der Waals surface area contributed by atoms with E-state index >= 15 is 0 Å². The molecule has 178 valence electrons. The maximum absolute atomic E-state index is 13.7. The summed E-state index contributed by atoms with van der Waals surface area (Å²) in [6.07, 6.45) is 0.559. The summed E-state index contributed by atoms with van der Waals surface area (Å²) in [4.78, 5) is 33.7. The molecular weight excluding hydrogens is 528 g/mol. The zero-order valence-corrected chi connectivity index (χ0v) is 21.5. The Morgan fingerprint density at radius 2 is 2.06 bits per heavy atom. The van der Waals surface area contributed by atoms with E-state index in [1.807, 2.05) is 48.5 Å². The van der Waals surface area contributed by atoms with E-state index in [2.05, 4.69) is 31.2 Å². The summed E-state index contributed by atoms with van der Waals surface area (Å²) >= 11 is 4.87. The molecule has 5 rings (SSSR count). The van der Waals surface area contributed by atoms with Crippen molar-refractivity contribution in [2.24, 2.45) is 7.05 Å². The van der Waals surface area contributed by atoms with Crippen molar-refractivity contribution in [3.63, 3.8) is 0 Å². The van der Waals surface area contributed by atoms with Crippen molar-refractivity contribution in [2.45, 2.75) is 19.3 Å². The van der Waals surface area contributed by atoms with Crippen molar-refractivity contribution >= 4 is 54.4 Å². The van der Waals surface area contributed by atoms with Gasteiger partial charge in [0.05, 0.1) is 17.0 Å². The third kappa shape index (κ3) is 4.15. The van der Waals surface area contributed by atoms with Gasteiger partial charge in [0.1, 0.15) is 10.3 Å². The Labute approximate surface area is 213 Å². The van der Waals surface area contributed by atoms with E-state index in [9.17, 15) is 14.7 Å². The quantitative estimate of drug-likeness (QED) is 0.282. The third-order valence-electron chi connectivity index (χ3n) is 6.22. The fourth-order valence-corrected chi connectivity index (χ4v) is 5.84. The fourth-order valence-electron chi connectivity index (χ4n) is 4.67. The van der Waals surface area contributed by atoms with E-state index in [1.165, 1.54) is 18.3 Å². The van der Waals surface area contributed by atoms with Crippen molar-refractivity contribution in [1.29, 1.82) is 0 Å². The molecule has 5 aromatic rings. The molecule has 1 amide bonds. The molecule has 0 aliphatic carbocycles. The molecule has 1 unspecified atom stereocenters. The highest BCUT2D eigenvalue weighted by Gasteiger charge is 2.31. The van der Waals surface area contributed by atoms with E-state index in [1.54, 1.807) is 17.1 Å². The average molecular weight is 551 g/mol. The predicted octanol–water partition coefficient (Wildman–Crippen LogP) is 4.80. The topological polar surface area (TPSA) is 100 Å². The lowest BCUT2D eigenvalue weighted by Gasteiger charge is -2.21. The first-order valence-corrected chi connectivity index (χ1v) is 12.8. The molecule has 3 N–H and O–H groups in total. The third-order valence-corrected chi connectivity index (χ3v) is 7.62. The minimum atomic E-state index is -0.586. The first kappa shape index (κ1) is 23.3. The van der Waals surface area contributed by atoms with Crippen LogP contribution in [0.25, 0.3) is 21.3 Å². The number of aryl methyl sites for hydroxylation is 1. The number of hydrogen-bond acceptors (Lipinski definition) is 5. The number of rotatable bonds is 6. The number of nitrogens with one attached hydrogen (secondary N) is 2. The zero-order valence-electron chi connectivity index (χ0n) is 19.1.